The second-order valence-electron chi connectivity index (χ2n) is 8.88. The summed E-state index contributed by atoms with van der Waals surface area (Å²) >= 11 is 7.79. The van der Waals surface area contributed by atoms with Crippen LogP contribution in [0.15, 0.2) is 42.5 Å². The van der Waals surface area contributed by atoms with E-state index in [1.54, 1.807) is 11.3 Å². The van der Waals surface area contributed by atoms with Gasteiger partial charge < -0.3 is 10.2 Å². The quantitative estimate of drug-likeness (QED) is 0.517. The number of carbonyl (C=O) groups is 1. The molecule has 2 fully saturated rings. The van der Waals surface area contributed by atoms with Gasteiger partial charge in [0.2, 0.25) is 5.91 Å². The number of halogens is 1. The van der Waals surface area contributed by atoms with Crippen molar-refractivity contribution in [3.8, 4) is 0 Å². The Morgan fingerprint density at radius 1 is 1.03 bits per heavy atom. The Morgan fingerprint density at radius 3 is 2.53 bits per heavy atom. The number of rotatable bonds is 5. The third-order valence-corrected chi connectivity index (χ3v) is 7.95. The minimum absolute atomic E-state index is 0.0542. The molecule has 1 saturated heterocycles. The van der Waals surface area contributed by atoms with Crippen molar-refractivity contribution in [2.75, 3.05) is 42.9 Å². The summed E-state index contributed by atoms with van der Waals surface area (Å²) in [6.45, 7) is 3.87. The average Bonchev–Trinajstić information content (AvgIpc) is 3.24. The fourth-order valence-corrected chi connectivity index (χ4v) is 5.96. The third-order valence-electron chi connectivity index (χ3n) is 6.62. The van der Waals surface area contributed by atoms with Crippen LogP contribution >= 0.6 is 22.9 Å². The number of piperazine rings is 1. The molecular weight excluding hydrogens is 440 g/mol. The zero-order valence-electron chi connectivity index (χ0n) is 18.2. The maximum absolute atomic E-state index is 12.6. The van der Waals surface area contributed by atoms with Crippen LogP contribution in [0, 0.1) is 0 Å². The zero-order chi connectivity index (χ0) is 21.9. The van der Waals surface area contributed by atoms with Crippen LogP contribution in [0.25, 0.3) is 10.2 Å². The van der Waals surface area contributed by atoms with Crippen LogP contribution in [0.2, 0.25) is 5.02 Å². The Morgan fingerprint density at radius 2 is 1.78 bits per heavy atom. The van der Waals surface area contributed by atoms with Crippen LogP contribution in [0.5, 0.6) is 0 Å². The molecule has 1 amide bonds. The van der Waals surface area contributed by atoms with Gasteiger partial charge in [0.25, 0.3) is 0 Å². The number of amides is 1. The molecule has 5 rings (SSSR count). The molecule has 0 atom stereocenters. The van der Waals surface area contributed by atoms with Gasteiger partial charge in [-0.2, -0.15) is 0 Å². The van der Waals surface area contributed by atoms with E-state index in [-0.39, 0.29) is 5.91 Å². The van der Waals surface area contributed by atoms with Crippen molar-refractivity contribution in [2.24, 2.45) is 0 Å². The fraction of sp³-hybridized carbons (Fsp3) is 0.440. The average molecular weight is 469 g/mol. The first kappa shape index (κ1) is 21.7. The standard InChI is InChI=1S/C25H29ClN4OS/c26-20-8-11-23-22(16-20)28-25(32-23)30-14-12-29(13-15-30)17-24(31)27-21-9-6-19(7-10-21)18-4-2-1-3-5-18/h6-11,16,18H,1-5,12-15,17H2,(H,27,31). The van der Waals surface area contributed by atoms with E-state index in [2.05, 4.69) is 39.4 Å². The highest BCUT2D eigenvalue weighted by atomic mass is 35.5. The molecule has 7 heteroatoms. The summed E-state index contributed by atoms with van der Waals surface area (Å²) in [5.74, 6) is 0.746. The van der Waals surface area contributed by atoms with E-state index in [0.717, 1.165) is 47.2 Å². The summed E-state index contributed by atoms with van der Waals surface area (Å²) in [6.07, 6.45) is 6.63. The Bertz CT molecular complexity index is 1070. The molecular formula is C25H29ClN4OS. The van der Waals surface area contributed by atoms with Crippen molar-refractivity contribution in [1.29, 1.82) is 0 Å². The molecule has 2 heterocycles. The molecule has 32 heavy (non-hydrogen) atoms. The number of benzene rings is 2. The highest BCUT2D eigenvalue weighted by molar-refractivity contribution is 7.22. The van der Waals surface area contributed by atoms with Gasteiger partial charge in [0, 0.05) is 36.9 Å². The number of thiazole rings is 1. The number of hydrogen-bond acceptors (Lipinski definition) is 5. The van der Waals surface area contributed by atoms with E-state index in [1.807, 2.05) is 18.2 Å². The van der Waals surface area contributed by atoms with Gasteiger partial charge in [-0.3, -0.25) is 9.69 Å². The SMILES string of the molecule is O=C(CN1CCN(c2nc3cc(Cl)ccc3s2)CC1)Nc1ccc(C2CCCCC2)cc1. The maximum atomic E-state index is 12.6. The van der Waals surface area contributed by atoms with E-state index in [1.165, 1.54) is 37.7 Å². The topological polar surface area (TPSA) is 48.5 Å². The number of anilines is 2. The highest BCUT2D eigenvalue weighted by Gasteiger charge is 2.22. The summed E-state index contributed by atoms with van der Waals surface area (Å²) < 4.78 is 1.15. The second-order valence-corrected chi connectivity index (χ2v) is 10.3. The zero-order valence-corrected chi connectivity index (χ0v) is 19.8. The van der Waals surface area contributed by atoms with Gasteiger partial charge in [-0.05, 0) is 54.7 Å². The van der Waals surface area contributed by atoms with Crippen molar-refractivity contribution in [1.82, 2.24) is 9.88 Å². The van der Waals surface area contributed by atoms with Crippen LogP contribution in [-0.2, 0) is 4.79 Å². The largest absolute Gasteiger partial charge is 0.345 e. The number of hydrogen-bond donors (Lipinski definition) is 1. The molecule has 2 aliphatic rings. The lowest BCUT2D eigenvalue weighted by molar-refractivity contribution is -0.117. The normalized spacial score (nSPS) is 18.2. The first-order valence-corrected chi connectivity index (χ1v) is 12.8. The molecule has 3 aromatic rings. The maximum Gasteiger partial charge on any atom is 0.238 e. The van der Waals surface area contributed by atoms with Crippen molar-refractivity contribution in [3.05, 3.63) is 53.1 Å². The molecule has 1 aliphatic carbocycles. The van der Waals surface area contributed by atoms with Crippen molar-refractivity contribution in [3.63, 3.8) is 0 Å². The predicted octanol–water partition coefficient (Wildman–Crippen LogP) is 5.76. The molecule has 2 aromatic carbocycles. The fourth-order valence-electron chi connectivity index (χ4n) is 4.80. The molecule has 0 spiro atoms. The minimum Gasteiger partial charge on any atom is -0.345 e. The van der Waals surface area contributed by atoms with Crippen LogP contribution < -0.4 is 10.2 Å². The molecule has 1 saturated carbocycles. The first-order chi connectivity index (χ1) is 15.6. The van der Waals surface area contributed by atoms with Crippen LogP contribution in [0.4, 0.5) is 10.8 Å². The summed E-state index contributed by atoms with van der Waals surface area (Å²) in [7, 11) is 0. The number of nitrogens with one attached hydrogen (secondary N) is 1. The van der Waals surface area contributed by atoms with Gasteiger partial charge in [0.15, 0.2) is 5.13 Å². The smallest absolute Gasteiger partial charge is 0.238 e. The van der Waals surface area contributed by atoms with Crippen molar-refractivity contribution < 1.29 is 4.79 Å². The lowest BCUT2D eigenvalue weighted by Gasteiger charge is -2.34. The summed E-state index contributed by atoms with van der Waals surface area (Å²) in [4.78, 5) is 21.8. The number of nitrogens with zero attached hydrogens (tertiary/aromatic N) is 3. The van der Waals surface area contributed by atoms with Gasteiger partial charge in [0.1, 0.15) is 0 Å². The van der Waals surface area contributed by atoms with Crippen molar-refractivity contribution in [2.45, 2.75) is 38.0 Å². The molecule has 5 nitrogen and oxygen atoms in total. The number of fused-ring (bicyclic) bond motifs is 1. The number of carbonyl (C=O) groups excluding carboxylic acids is 1. The van der Waals surface area contributed by atoms with Gasteiger partial charge in [-0.1, -0.05) is 54.3 Å². The Balaban J connectivity index is 1.11. The van der Waals surface area contributed by atoms with Crippen LogP contribution in [0.1, 0.15) is 43.6 Å². The summed E-state index contributed by atoms with van der Waals surface area (Å²) in [5, 5.41) is 4.82. The van der Waals surface area contributed by atoms with Gasteiger partial charge >= 0.3 is 0 Å². The third kappa shape index (κ3) is 5.08. The molecule has 0 unspecified atom stereocenters. The molecule has 1 aliphatic heterocycles. The Hall–Kier alpha value is -2.15. The Kier molecular flexibility index (Phi) is 6.62. The minimum atomic E-state index is 0.0542. The summed E-state index contributed by atoms with van der Waals surface area (Å²) in [5.41, 5.74) is 3.26. The van der Waals surface area contributed by atoms with Crippen LogP contribution in [-0.4, -0.2) is 48.5 Å². The predicted molar refractivity (Wildman–Crippen MR) is 134 cm³/mol. The van der Waals surface area contributed by atoms with E-state index >= 15 is 0 Å². The summed E-state index contributed by atoms with van der Waals surface area (Å²) in [6, 6.07) is 14.3. The van der Waals surface area contributed by atoms with Gasteiger partial charge in [0.05, 0.1) is 16.8 Å². The molecule has 1 N–H and O–H groups in total. The van der Waals surface area contributed by atoms with Gasteiger partial charge in [-0.25, -0.2) is 4.98 Å². The number of aromatic nitrogens is 1. The lowest BCUT2D eigenvalue weighted by Crippen LogP contribution is -2.48. The molecule has 0 radical (unpaired) electrons. The van der Waals surface area contributed by atoms with Crippen molar-refractivity contribution >= 4 is 49.9 Å². The van der Waals surface area contributed by atoms with E-state index < -0.39 is 0 Å². The molecule has 1 aromatic heterocycles. The Labute approximate surface area is 198 Å². The first-order valence-electron chi connectivity index (χ1n) is 11.6. The van der Waals surface area contributed by atoms with E-state index in [4.69, 9.17) is 16.6 Å². The van der Waals surface area contributed by atoms with E-state index in [0.29, 0.717) is 17.5 Å². The lowest BCUT2D eigenvalue weighted by atomic mass is 9.84. The molecule has 168 valence electrons. The van der Waals surface area contributed by atoms with Gasteiger partial charge in [-0.15, -0.1) is 0 Å². The van der Waals surface area contributed by atoms with Crippen LogP contribution in [0.3, 0.4) is 0 Å². The molecule has 0 bridgehead atoms. The second kappa shape index (κ2) is 9.77. The highest BCUT2D eigenvalue weighted by Crippen LogP contribution is 2.33. The monoisotopic (exact) mass is 468 g/mol. The van der Waals surface area contributed by atoms with E-state index in [9.17, 15) is 4.79 Å².